The number of aryl methyl sites for hydroxylation is 2. The maximum Gasteiger partial charge on any atom is 0.222 e. The number of rotatable bonds is 4. The van der Waals surface area contributed by atoms with Crippen LogP contribution in [0.2, 0.25) is 0 Å². The normalized spacial score (nSPS) is 20.1. The Bertz CT molecular complexity index is 401. The van der Waals surface area contributed by atoms with Crippen molar-refractivity contribution in [3.8, 4) is 0 Å². The zero-order valence-corrected chi connectivity index (χ0v) is 11.2. The summed E-state index contributed by atoms with van der Waals surface area (Å²) in [5.41, 5.74) is 0. The van der Waals surface area contributed by atoms with Gasteiger partial charge in [-0.25, -0.2) is 4.98 Å². The molecule has 0 radical (unpaired) electrons. The van der Waals surface area contributed by atoms with Gasteiger partial charge in [-0.3, -0.25) is 4.79 Å². The Labute approximate surface area is 108 Å². The number of imidazole rings is 1. The molecule has 2 rings (SSSR count). The monoisotopic (exact) mass is 250 g/mol. The number of carbonyl (C=O) groups excluding carboxylic acids is 1. The van der Waals surface area contributed by atoms with Crippen molar-refractivity contribution in [3.05, 3.63) is 18.2 Å². The summed E-state index contributed by atoms with van der Waals surface area (Å²) in [6, 6.07) is 0.415. The molecule has 1 aliphatic rings. The van der Waals surface area contributed by atoms with E-state index in [1.54, 1.807) is 6.20 Å². The van der Waals surface area contributed by atoms with Crippen LogP contribution in [-0.2, 0) is 11.3 Å². The van der Waals surface area contributed by atoms with Crippen molar-refractivity contribution in [2.75, 3.05) is 19.6 Å². The molecule has 1 N–H and O–H groups in total. The van der Waals surface area contributed by atoms with Crippen LogP contribution in [0.4, 0.5) is 0 Å². The van der Waals surface area contributed by atoms with Crippen LogP contribution < -0.4 is 5.32 Å². The molecule has 5 heteroatoms. The first-order valence-electron chi connectivity index (χ1n) is 6.65. The fourth-order valence-electron chi connectivity index (χ4n) is 2.36. The lowest BCUT2D eigenvalue weighted by Crippen LogP contribution is -2.51. The van der Waals surface area contributed by atoms with Crippen molar-refractivity contribution in [1.29, 1.82) is 0 Å². The Morgan fingerprint density at radius 1 is 1.61 bits per heavy atom. The van der Waals surface area contributed by atoms with E-state index >= 15 is 0 Å². The summed E-state index contributed by atoms with van der Waals surface area (Å²) < 4.78 is 2.09. The number of piperazine rings is 1. The molecular weight excluding hydrogens is 228 g/mol. The quantitative estimate of drug-likeness (QED) is 0.859. The summed E-state index contributed by atoms with van der Waals surface area (Å²) in [6.45, 7) is 7.57. The maximum atomic E-state index is 12.0. The fourth-order valence-corrected chi connectivity index (χ4v) is 2.36. The van der Waals surface area contributed by atoms with Crippen LogP contribution in [0.25, 0.3) is 0 Å². The predicted molar refractivity (Wildman–Crippen MR) is 70.2 cm³/mol. The van der Waals surface area contributed by atoms with Crippen LogP contribution in [0.5, 0.6) is 0 Å². The second-order valence-corrected chi connectivity index (χ2v) is 4.97. The summed E-state index contributed by atoms with van der Waals surface area (Å²) in [6.07, 6.45) is 5.28. The highest BCUT2D eigenvalue weighted by Gasteiger charge is 2.19. The highest BCUT2D eigenvalue weighted by atomic mass is 16.2. The molecule has 2 heterocycles. The Balaban J connectivity index is 1.73. The Morgan fingerprint density at radius 2 is 2.44 bits per heavy atom. The van der Waals surface area contributed by atoms with Crippen molar-refractivity contribution >= 4 is 5.91 Å². The number of carbonyl (C=O) groups is 1. The van der Waals surface area contributed by atoms with E-state index < -0.39 is 0 Å². The molecule has 0 saturated carbocycles. The maximum absolute atomic E-state index is 12.0. The molecule has 100 valence electrons. The van der Waals surface area contributed by atoms with E-state index in [4.69, 9.17) is 0 Å². The molecule has 1 fully saturated rings. The molecule has 1 saturated heterocycles. The number of nitrogens with one attached hydrogen (secondary N) is 1. The fraction of sp³-hybridized carbons (Fsp3) is 0.692. The zero-order valence-electron chi connectivity index (χ0n) is 11.2. The van der Waals surface area contributed by atoms with Crippen molar-refractivity contribution in [2.45, 2.75) is 39.3 Å². The highest BCUT2D eigenvalue weighted by Crippen LogP contribution is 2.05. The molecule has 1 aliphatic heterocycles. The molecule has 1 atom stereocenters. The number of amides is 1. The van der Waals surface area contributed by atoms with Crippen LogP contribution in [0.3, 0.4) is 0 Å². The number of aromatic nitrogens is 2. The smallest absolute Gasteiger partial charge is 0.222 e. The summed E-state index contributed by atoms with van der Waals surface area (Å²) in [5, 5.41) is 3.35. The molecule has 0 spiro atoms. The van der Waals surface area contributed by atoms with Gasteiger partial charge >= 0.3 is 0 Å². The van der Waals surface area contributed by atoms with Gasteiger partial charge in [-0.1, -0.05) is 0 Å². The van der Waals surface area contributed by atoms with E-state index in [-0.39, 0.29) is 5.91 Å². The van der Waals surface area contributed by atoms with Crippen LogP contribution >= 0.6 is 0 Å². The van der Waals surface area contributed by atoms with Gasteiger partial charge in [0.2, 0.25) is 5.91 Å². The first kappa shape index (κ1) is 13.1. The van der Waals surface area contributed by atoms with Crippen LogP contribution in [0, 0.1) is 6.92 Å². The molecule has 1 aromatic heterocycles. The van der Waals surface area contributed by atoms with E-state index in [1.807, 2.05) is 18.0 Å². The lowest BCUT2D eigenvalue weighted by atomic mass is 10.2. The molecule has 18 heavy (non-hydrogen) atoms. The van der Waals surface area contributed by atoms with Gasteiger partial charge in [0.05, 0.1) is 0 Å². The summed E-state index contributed by atoms with van der Waals surface area (Å²) in [7, 11) is 0. The third-order valence-corrected chi connectivity index (χ3v) is 3.43. The van der Waals surface area contributed by atoms with Crippen LogP contribution in [-0.4, -0.2) is 46.0 Å². The molecule has 1 unspecified atom stereocenters. The van der Waals surface area contributed by atoms with Gasteiger partial charge in [0.15, 0.2) is 0 Å². The predicted octanol–water partition coefficient (Wildman–Crippen LogP) is 0.792. The molecule has 5 nitrogen and oxygen atoms in total. The summed E-state index contributed by atoms with van der Waals surface area (Å²) in [5.74, 6) is 1.29. The Hall–Kier alpha value is -1.36. The number of hydrogen-bond donors (Lipinski definition) is 1. The molecule has 0 bridgehead atoms. The van der Waals surface area contributed by atoms with E-state index in [9.17, 15) is 4.79 Å². The minimum absolute atomic E-state index is 0.279. The third kappa shape index (κ3) is 3.32. The molecule has 1 amide bonds. The second-order valence-electron chi connectivity index (χ2n) is 4.97. The number of hydrogen-bond acceptors (Lipinski definition) is 3. The van der Waals surface area contributed by atoms with Gasteiger partial charge in [-0.2, -0.15) is 0 Å². The van der Waals surface area contributed by atoms with Gasteiger partial charge in [-0.05, 0) is 20.3 Å². The largest absolute Gasteiger partial charge is 0.340 e. The third-order valence-electron chi connectivity index (χ3n) is 3.43. The van der Waals surface area contributed by atoms with E-state index in [0.717, 1.165) is 38.4 Å². The number of nitrogens with zero attached hydrogens (tertiary/aromatic N) is 3. The van der Waals surface area contributed by atoms with Crippen molar-refractivity contribution in [1.82, 2.24) is 19.8 Å². The molecule has 0 aromatic carbocycles. The Kier molecular flexibility index (Phi) is 4.36. The van der Waals surface area contributed by atoms with Crippen molar-refractivity contribution in [2.24, 2.45) is 0 Å². The first-order chi connectivity index (χ1) is 8.66. The minimum Gasteiger partial charge on any atom is -0.340 e. The molecule has 1 aromatic rings. The van der Waals surface area contributed by atoms with Gasteiger partial charge in [0, 0.05) is 51.0 Å². The van der Waals surface area contributed by atoms with Crippen LogP contribution in [0.1, 0.15) is 25.6 Å². The summed E-state index contributed by atoms with van der Waals surface area (Å²) in [4.78, 5) is 18.2. The van der Waals surface area contributed by atoms with Gasteiger partial charge in [-0.15, -0.1) is 0 Å². The molecular formula is C13H22N4O. The van der Waals surface area contributed by atoms with E-state index in [2.05, 4.69) is 21.8 Å². The summed E-state index contributed by atoms with van der Waals surface area (Å²) >= 11 is 0. The van der Waals surface area contributed by atoms with Crippen LogP contribution in [0.15, 0.2) is 12.4 Å². The minimum atomic E-state index is 0.279. The topological polar surface area (TPSA) is 50.2 Å². The van der Waals surface area contributed by atoms with Crippen molar-refractivity contribution < 1.29 is 4.79 Å². The average molecular weight is 250 g/mol. The second kappa shape index (κ2) is 6.00. The van der Waals surface area contributed by atoms with E-state index in [1.165, 1.54) is 0 Å². The van der Waals surface area contributed by atoms with Gasteiger partial charge in [0.1, 0.15) is 5.82 Å². The Morgan fingerprint density at radius 3 is 3.11 bits per heavy atom. The highest BCUT2D eigenvalue weighted by molar-refractivity contribution is 5.76. The average Bonchev–Trinajstić information content (AvgIpc) is 2.75. The lowest BCUT2D eigenvalue weighted by molar-refractivity contribution is -0.132. The lowest BCUT2D eigenvalue weighted by Gasteiger charge is -2.32. The molecule has 0 aliphatic carbocycles. The van der Waals surface area contributed by atoms with E-state index in [0.29, 0.717) is 12.5 Å². The van der Waals surface area contributed by atoms with Gasteiger partial charge in [0.25, 0.3) is 0 Å². The van der Waals surface area contributed by atoms with Gasteiger partial charge < -0.3 is 14.8 Å². The zero-order chi connectivity index (χ0) is 13.0. The first-order valence-corrected chi connectivity index (χ1v) is 6.65. The SMILES string of the molecule is Cc1nccn1CCCC(=O)N1CCNC(C)C1. The van der Waals surface area contributed by atoms with Crippen molar-refractivity contribution in [3.63, 3.8) is 0 Å². The standard InChI is InChI=1S/C13H22N4O/c1-11-10-17(9-5-14-11)13(18)4-3-7-16-8-6-15-12(16)2/h6,8,11,14H,3-5,7,9-10H2,1-2H3.